The molecule has 0 aliphatic carbocycles. The van der Waals surface area contributed by atoms with Gasteiger partial charge in [0.2, 0.25) is 0 Å². The van der Waals surface area contributed by atoms with E-state index in [1.54, 1.807) is 0 Å². The lowest BCUT2D eigenvalue weighted by Crippen LogP contribution is -1.97. The van der Waals surface area contributed by atoms with Gasteiger partial charge < -0.3 is 10.7 Å². The van der Waals surface area contributed by atoms with E-state index in [2.05, 4.69) is 11.9 Å². The topological polar surface area (TPSA) is 41.8 Å². The number of hydrogen-bond donors (Lipinski definition) is 2. The maximum atomic E-state index is 6.03. The second kappa shape index (κ2) is 3.05. The molecule has 13 heavy (non-hydrogen) atoms. The number of aromatic nitrogens is 1. The van der Waals surface area contributed by atoms with Gasteiger partial charge in [-0.15, -0.1) is 0 Å². The number of aryl methyl sites for hydroxylation is 1. The summed E-state index contributed by atoms with van der Waals surface area (Å²) in [5.41, 5.74) is 8.83. The smallest absolute Gasteiger partial charge is 0.0648 e. The molecule has 0 saturated heterocycles. The van der Waals surface area contributed by atoms with E-state index in [0.29, 0.717) is 6.54 Å². The first-order valence-corrected chi connectivity index (χ1v) is 4.57. The highest BCUT2D eigenvalue weighted by Gasteiger charge is 2.07. The molecule has 2 nitrogen and oxygen atoms in total. The molecule has 1 aromatic heterocycles. The third kappa shape index (κ3) is 1.23. The van der Waals surface area contributed by atoms with Gasteiger partial charge in [-0.3, -0.25) is 0 Å². The fraction of sp³-hybridized carbons (Fsp3) is 0.200. The SMILES string of the molecule is Cc1c(CN)[nH]c2c(Cl)cccc12. The number of halogens is 1. The van der Waals surface area contributed by atoms with Crippen LogP contribution in [0.5, 0.6) is 0 Å². The first-order valence-electron chi connectivity index (χ1n) is 4.19. The second-order valence-corrected chi connectivity index (χ2v) is 3.50. The fourth-order valence-electron chi connectivity index (χ4n) is 1.58. The van der Waals surface area contributed by atoms with Gasteiger partial charge in [0.15, 0.2) is 0 Å². The van der Waals surface area contributed by atoms with Crippen molar-refractivity contribution >= 4 is 22.5 Å². The molecule has 3 heteroatoms. The molecular weight excluding hydrogens is 184 g/mol. The van der Waals surface area contributed by atoms with Crippen molar-refractivity contribution in [1.29, 1.82) is 0 Å². The number of nitrogens with two attached hydrogens (primary N) is 1. The van der Waals surface area contributed by atoms with Crippen LogP contribution in [-0.4, -0.2) is 4.98 Å². The van der Waals surface area contributed by atoms with E-state index >= 15 is 0 Å². The van der Waals surface area contributed by atoms with Gasteiger partial charge in [0.25, 0.3) is 0 Å². The number of fused-ring (bicyclic) bond motifs is 1. The van der Waals surface area contributed by atoms with Crippen molar-refractivity contribution in [3.63, 3.8) is 0 Å². The van der Waals surface area contributed by atoms with Gasteiger partial charge in [-0.2, -0.15) is 0 Å². The Morgan fingerprint density at radius 1 is 1.46 bits per heavy atom. The van der Waals surface area contributed by atoms with E-state index in [4.69, 9.17) is 17.3 Å². The third-order valence-corrected chi connectivity index (χ3v) is 2.67. The molecule has 0 radical (unpaired) electrons. The molecule has 68 valence electrons. The minimum absolute atomic E-state index is 0.525. The van der Waals surface area contributed by atoms with Crippen molar-refractivity contribution in [2.75, 3.05) is 0 Å². The standard InChI is InChI=1S/C10H11ClN2/c1-6-7-3-2-4-8(11)10(7)13-9(6)5-12/h2-4,13H,5,12H2,1H3. The molecule has 0 aliphatic rings. The summed E-state index contributed by atoms with van der Waals surface area (Å²) in [7, 11) is 0. The Morgan fingerprint density at radius 2 is 2.23 bits per heavy atom. The molecule has 0 aliphatic heterocycles. The van der Waals surface area contributed by atoms with Crippen LogP contribution in [0.1, 0.15) is 11.3 Å². The van der Waals surface area contributed by atoms with Crippen molar-refractivity contribution in [3.8, 4) is 0 Å². The summed E-state index contributed by atoms with van der Waals surface area (Å²) in [5.74, 6) is 0. The number of hydrogen-bond acceptors (Lipinski definition) is 1. The summed E-state index contributed by atoms with van der Waals surface area (Å²) in [6.45, 7) is 2.58. The number of H-pyrrole nitrogens is 1. The van der Waals surface area contributed by atoms with E-state index < -0.39 is 0 Å². The number of rotatable bonds is 1. The van der Waals surface area contributed by atoms with Crippen molar-refractivity contribution in [2.24, 2.45) is 5.73 Å². The molecule has 1 heterocycles. The minimum atomic E-state index is 0.525. The largest absolute Gasteiger partial charge is 0.356 e. The summed E-state index contributed by atoms with van der Waals surface area (Å²) in [4.78, 5) is 3.22. The van der Waals surface area contributed by atoms with E-state index in [0.717, 1.165) is 21.6 Å². The molecule has 0 atom stereocenters. The van der Waals surface area contributed by atoms with Gasteiger partial charge in [-0.25, -0.2) is 0 Å². The van der Waals surface area contributed by atoms with Crippen molar-refractivity contribution in [2.45, 2.75) is 13.5 Å². The van der Waals surface area contributed by atoms with Gasteiger partial charge >= 0.3 is 0 Å². The zero-order valence-corrected chi connectivity index (χ0v) is 8.15. The van der Waals surface area contributed by atoms with Crippen LogP contribution >= 0.6 is 11.6 Å². The Morgan fingerprint density at radius 3 is 2.85 bits per heavy atom. The lowest BCUT2D eigenvalue weighted by Gasteiger charge is -1.92. The Balaban J connectivity index is 2.83. The molecule has 0 amide bonds. The van der Waals surface area contributed by atoms with Crippen molar-refractivity contribution in [1.82, 2.24) is 4.98 Å². The first-order chi connectivity index (χ1) is 6.24. The first kappa shape index (κ1) is 8.60. The van der Waals surface area contributed by atoms with Crippen LogP contribution in [0.25, 0.3) is 10.9 Å². The monoisotopic (exact) mass is 194 g/mol. The highest BCUT2D eigenvalue weighted by Crippen LogP contribution is 2.27. The van der Waals surface area contributed by atoms with Gasteiger partial charge in [-0.1, -0.05) is 23.7 Å². The number of para-hydroxylation sites is 1. The Labute approximate surface area is 81.7 Å². The highest BCUT2D eigenvalue weighted by molar-refractivity contribution is 6.35. The fourth-order valence-corrected chi connectivity index (χ4v) is 1.80. The van der Waals surface area contributed by atoms with Crippen LogP contribution in [0.2, 0.25) is 5.02 Å². The molecule has 0 spiro atoms. The Kier molecular flexibility index (Phi) is 2.02. The molecule has 0 unspecified atom stereocenters. The van der Waals surface area contributed by atoms with E-state index in [-0.39, 0.29) is 0 Å². The summed E-state index contributed by atoms with van der Waals surface area (Å²) in [5, 5.41) is 1.91. The lowest BCUT2D eigenvalue weighted by molar-refractivity contribution is 1.00. The number of aromatic amines is 1. The van der Waals surface area contributed by atoms with E-state index in [9.17, 15) is 0 Å². The number of benzene rings is 1. The zero-order valence-electron chi connectivity index (χ0n) is 7.39. The normalized spacial score (nSPS) is 11.0. The van der Waals surface area contributed by atoms with Crippen LogP contribution in [-0.2, 0) is 6.54 Å². The van der Waals surface area contributed by atoms with Gasteiger partial charge in [0.1, 0.15) is 0 Å². The molecule has 0 saturated carbocycles. The average molecular weight is 195 g/mol. The van der Waals surface area contributed by atoms with Gasteiger partial charge in [-0.05, 0) is 18.6 Å². The van der Waals surface area contributed by atoms with Crippen LogP contribution < -0.4 is 5.73 Å². The zero-order chi connectivity index (χ0) is 9.42. The Hall–Kier alpha value is -0.990. The predicted molar refractivity (Wildman–Crippen MR) is 55.9 cm³/mol. The summed E-state index contributed by atoms with van der Waals surface area (Å²) < 4.78 is 0. The summed E-state index contributed by atoms with van der Waals surface area (Å²) in [6, 6.07) is 5.87. The van der Waals surface area contributed by atoms with Crippen LogP contribution in [0.4, 0.5) is 0 Å². The average Bonchev–Trinajstić information content (AvgIpc) is 2.45. The predicted octanol–water partition coefficient (Wildman–Crippen LogP) is 2.59. The van der Waals surface area contributed by atoms with Crippen LogP contribution in [0, 0.1) is 6.92 Å². The Bertz CT molecular complexity index is 445. The minimum Gasteiger partial charge on any atom is -0.356 e. The maximum absolute atomic E-state index is 6.03. The lowest BCUT2D eigenvalue weighted by atomic mass is 10.1. The van der Waals surface area contributed by atoms with Crippen LogP contribution in [0.15, 0.2) is 18.2 Å². The van der Waals surface area contributed by atoms with Gasteiger partial charge in [0, 0.05) is 17.6 Å². The molecule has 1 aromatic carbocycles. The van der Waals surface area contributed by atoms with Crippen molar-refractivity contribution in [3.05, 3.63) is 34.5 Å². The maximum Gasteiger partial charge on any atom is 0.0648 e. The van der Waals surface area contributed by atoms with E-state index in [1.165, 1.54) is 5.56 Å². The molecule has 0 fully saturated rings. The number of nitrogens with one attached hydrogen (secondary N) is 1. The molecule has 2 aromatic rings. The summed E-state index contributed by atoms with van der Waals surface area (Å²) in [6.07, 6.45) is 0. The third-order valence-electron chi connectivity index (χ3n) is 2.35. The highest BCUT2D eigenvalue weighted by atomic mass is 35.5. The molecular formula is C10H11ClN2. The van der Waals surface area contributed by atoms with Crippen molar-refractivity contribution < 1.29 is 0 Å². The molecule has 2 rings (SSSR count). The second-order valence-electron chi connectivity index (χ2n) is 3.10. The summed E-state index contributed by atoms with van der Waals surface area (Å²) >= 11 is 6.03. The molecule has 3 N–H and O–H groups in total. The molecule has 0 bridgehead atoms. The van der Waals surface area contributed by atoms with Crippen LogP contribution in [0.3, 0.4) is 0 Å². The van der Waals surface area contributed by atoms with E-state index in [1.807, 2.05) is 18.2 Å². The van der Waals surface area contributed by atoms with Gasteiger partial charge in [0.05, 0.1) is 10.5 Å². The quantitative estimate of drug-likeness (QED) is 0.720.